The second-order valence-corrected chi connectivity index (χ2v) is 19.3. The van der Waals surface area contributed by atoms with Crippen molar-refractivity contribution >= 4 is 121 Å². The lowest BCUT2D eigenvalue weighted by atomic mass is 10.1. The Balaban J connectivity index is 0.884. The van der Waals surface area contributed by atoms with Crippen LogP contribution in [0.2, 0.25) is 0 Å². The summed E-state index contributed by atoms with van der Waals surface area (Å²) in [6.45, 7) is 0. The van der Waals surface area contributed by atoms with Gasteiger partial charge >= 0.3 is 0 Å². The summed E-state index contributed by atoms with van der Waals surface area (Å²) >= 11 is 1.84. The van der Waals surface area contributed by atoms with Gasteiger partial charge in [-0.25, -0.2) is 0 Å². The minimum Gasteiger partial charge on any atom is -0.310 e. The van der Waals surface area contributed by atoms with Gasteiger partial charge in [0.05, 0.1) is 5.69 Å². The van der Waals surface area contributed by atoms with E-state index in [-0.39, 0.29) is 0 Å². The van der Waals surface area contributed by atoms with E-state index in [4.69, 9.17) is 0 Å². The quantitative estimate of drug-likeness (QED) is 0.121. The maximum absolute atomic E-state index is 2.37. The fraction of sp³-hybridized carbons (Fsp3) is 0. The smallest absolute Gasteiger partial charge is 0.0540 e. The number of thiophene rings is 1. The molecule has 0 bridgehead atoms. The van der Waals surface area contributed by atoms with E-state index in [0.717, 1.165) is 68.2 Å². The lowest BCUT2D eigenvalue weighted by molar-refractivity contribution is 1.26. The number of anilines is 12. The zero-order valence-electron chi connectivity index (χ0n) is 39.9. The van der Waals surface area contributed by atoms with Crippen molar-refractivity contribution in [1.29, 1.82) is 0 Å². The second kappa shape index (κ2) is 19.1. The highest BCUT2D eigenvalue weighted by Gasteiger charge is 2.21. The van der Waals surface area contributed by atoms with Crippen LogP contribution >= 0.6 is 11.3 Å². The summed E-state index contributed by atoms with van der Waals surface area (Å²) in [5.41, 5.74) is 13.2. The SMILES string of the molecule is c1ccc(N(c2ccc(N(c3ccccc3)c3ccc4sc5ccc(N(c6ccccc6)c6ccc(N(c7ccccc7)c7cccc8ccccc78)cc6)cc5c4c3)cc2)c2ccc3ccccc3c2)cc1. The van der Waals surface area contributed by atoms with Crippen LogP contribution in [-0.2, 0) is 0 Å². The molecule has 0 atom stereocenters. The third-order valence-electron chi connectivity index (χ3n) is 13.7. The number of nitrogens with zero attached hydrogens (tertiary/aromatic N) is 4. The lowest BCUT2D eigenvalue weighted by Gasteiger charge is -2.29. The van der Waals surface area contributed by atoms with Gasteiger partial charge in [0.2, 0.25) is 0 Å². The van der Waals surface area contributed by atoms with E-state index in [9.17, 15) is 0 Å². The molecule has 0 spiro atoms. The number of hydrogen-bond acceptors (Lipinski definition) is 5. The van der Waals surface area contributed by atoms with E-state index in [1.165, 1.54) is 41.7 Å². The molecule has 12 aromatic carbocycles. The Morgan fingerprint density at radius 3 is 1.00 bits per heavy atom. The topological polar surface area (TPSA) is 13.0 Å². The van der Waals surface area contributed by atoms with Gasteiger partial charge in [-0.15, -0.1) is 11.3 Å². The van der Waals surface area contributed by atoms with Crippen LogP contribution < -0.4 is 19.6 Å². The first kappa shape index (κ1) is 43.6. The van der Waals surface area contributed by atoms with E-state index < -0.39 is 0 Å². The van der Waals surface area contributed by atoms with E-state index in [1.54, 1.807) is 0 Å². The Kier molecular flexibility index (Phi) is 11.4. The molecule has 13 rings (SSSR count). The summed E-state index contributed by atoms with van der Waals surface area (Å²) in [5, 5.41) is 7.29. The molecule has 73 heavy (non-hydrogen) atoms. The number of benzene rings is 12. The molecule has 5 heteroatoms. The molecule has 346 valence electrons. The van der Waals surface area contributed by atoms with Crippen LogP contribution in [0.15, 0.2) is 291 Å². The third kappa shape index (κ3) is 8.38. The molecule has 1 aromatic heterocycles. The highest BCUT2D eigenvalue weighted by Crippen LogP contribution is 2.46. The van der Waals surface area contributed by atoms with E-state index >= 15 is 0 Å². The summed E-state index contributed by atoms with van der Waals surface area (Å²) in [6.07, 6.45) is 0. The summed E-state index contributed by atoms with van der Waals surface area (Å²) in [5.74, 6) is 0. The zero-order valence-corrected chi connectivity index (χ0v) is 40.7. The van der Waals surface area contributed by atoms with Crippen molar-refractivity contribution in [1.82, 2.24) is 0 Å². The molecular formula is C68H48N4S. The number of hydrogen-bond donors (Lipinski definition) is 0. The molecule has 0 radical (unpaired) electrons. The summed E-state index contributed by atoms with van der Waals surface area (Å²) < 4.78 is 2.50. The van der Waals surface area contributed by atoms with Crippen molar-refractivity contribution in [3.8, 4) is 0 Å². The monoisotopic (exact) mass is 952 g/mol. The molecule has 0 aliphatic heterocycles. The minimum absolute atomic E-state index is 1.07. The maximum atomic E-state index is 2.37. The van der Waals surface area contributed by atoms with Crippen molar-refractivity contribution in [3.05, 3.63) is 291 Å². The Morgan fingerprint density at radius 1 is 0.192 bits per heavy atom. The first-order valence-electron chi connectivity index (χ1n) is 24.7. The highest BCUT2D eigenvalue weighted by molar-refractivity contribution is 7.25. The number of fused-ring (bicyclic) bond motifs is 5. The van der Waals surface area contributed by atoms with Gasteiger partial charge in [0, 0.05) is 88.1 Å². The molecule has 4 nitrogen and oxygen atoms in total. The maximum Gasteiger partial charge on any atom is 0.0540 e. The van der Waals surface area contributed by atoms with Crippen LogP contribution in [0.5, 0.6) is 0 Å². The summed E-state index contributed by atoms with van der Waals surface area (Å²) in [4.78, 5) is 9.44. The van der Waals surface area contributed by atoms with Gasteiger partial charge in [-0.05, 0) is 168 Å². The normalized spacial score (nSPS) is 11.3. The largest absolute Gasteiger partial charge is 0.310 e. The van der Waals surface area contributed by atoms with Crippen molar-refractivity contribution < 1.29 is 0 Å². The fourth-order valence-corrected chi connectivity index (χ4v) is 11.4. The molecule has 0 unspecified atom stereocenters. The van der Waals surface area contributed by atoms with E-state index in [1.807, 2.05) is 11.3 Å². The van der Waals surface area contributed by atoms with Crippen LogP contribution in [0.1, 0.15) is 0 Å². The van der Waals surface area contributed by atoms with E-state index in [0.29, 0.717) is 0 Å². The second-order valence-electron chi connectivity index (χ2n) is 18.2. The van der Waals surface area contributed by atoms with Gasteiger partial charge in [0.1, 0.15) is 0 Å². The molecule has 0 N–H and O–H groups in total. The Hall–Kier alpha value is -9.42. The van der Waals surface area contributed by atoms with Crippen LogP contribution in [-0.4, -0.2) is 0 Å². The molecule has 0 saturated heterocycles. The molecule has 1 heterocycles. The van der Waals surface area contributed by atoms with Gasteiger partial charge in [-0.1, -0.05) is 140 Å². The zero-order chi connectivity index (χ0) is 48.5. The Morgan fingerprint density at radius 2 is 0.521 bits per heavy atom. The first-order valence-corrected chi connectivity index (χ1v) is 25.6. The molecule has 0 aliphatic rings. The molecule has 0 amide bonds. The highest BCUT2D eigenvalue weighted by atomic mass is 32.1. The average molecular weight is 953 g/mol. The van der Waals surface area contributed by atoms with Gasteiger partial charge in [-0.3, -0.25) is 0 Å². The van der Waals surface area contributed by atoms with Crippen LogP contribution in [0.4, 0.5) is 68.2 Å². The fourth-order valence-electron chi connectivity index (χ4n) is 10.3. The van der Waals surface area contributed by atoms with E-state index in [2.05, 4.69) is 311 Å². The number of rotatable bonds is 12. The molecular weight excluding hydrogens is 905 g/mol. The van der Waals surface area contributed by atoms with Gasteiger partial charge in [0.15, 0.2) is 0 Å². The first-order chi connectivity index (χ1) is 36.2. The van der Waals surface area contributed by atoms with Crippen molar-refractivity contribution in [3.63, 3.8) is 0 Å². The summed E-state index contributed by atoms with van der Waals surface area (Å²) in [6, 6.07) is 105. The van der Waals surface area contributed by atoms with Crippen LogP contribution in [0.25, 0.3) is 41.7 Å². The lowest BCUT2D eigenvalue weighted by Crippen LogP contribution is -2.12. The van der Waals surface area contributed by atoms with Gasteiger partial charge in [0.25, 0.3) is 0 Å². The van der Waals surface area contributed by atoms with Crippen molar-refractivity contribution in [2.45, 2.75) is 0 Å². The Labute approximate surface area is 429 Å². The third-order valence-corrected chi connectivity index (χ3v) is 14.9. The predicted molar refractivity (Wildman–Crippen MR) is 313 cm³/mol. The molecule has 13 aromatic rings. The summed E-state index contributed by atoms with van der Waals surface area (Å²) in [7, 11) is 0. The minimum atomic E-state index is 1.07. The van der Waals surface area contributed by atoms with Crippen LogP contribution in [0, 0.1) is 0 Å². The Bertz CT molecular complexity index is 4020. The standard InChI is InChI=1S/C68H48N4S/c1-5-22-52(23-6-1)69(60-33-32-49-18-13-14-20-51(49)46-60)56-34-36-57(37-35-56)70(53-24-7-2-8-25-53)61-42-44-67-64(47-61)65-48-62(43-45-68(65)73-67)71(54-26-9-3-10-27-54)58-38-40-59(41-39-58)72(55-28-11-4-12-29-55)66-31-17-21-50-19-15-16-30-63(50)66/h1-48H. The van der Waals surface area contributed by atoms with Crippen LogP contribution in [0.3, 0.4) is 0 Å². The van der Waals surface area contributed by atoms with Crippen molar-refractivity contribution in [2.75, 3.05) is 19.6 Å². The number of para-hydroxylation sites is 4. The van der Waals surface area contributed by atoms with Crippen molar-refractivity contribution in [2.24, 2.45) is 0 Å². The molecule has 0 fully saturated rings. The predicted octanol–water partition coefficient (Wildman–Crippen LogP) is 20.2. The van der Waals surface area contributed by atoms with Gasteiger partial charge < -0.3 is 19.6 Å². The molecule has 0 saturated carbocycles. The average Bonchev–Trinajstić information content (AvgIpc) is 3.83. The molecule has 0 aliphatic carbocycles. The van der Waals surface area contributed by atoms with Gasteiger partial charge in [-0.2, -0.15) is 0 Å².